The van der Waals surface area contributed by atoms with Crippen molar-refractivity contribution in [2.75, 3.05) is 25.0 Å². The van der Waals surface area contributed by atoms with Gasteiger partial charge in [0.05, 0.1) is 10.6 Å². The summed E-state index contributed by atoms with van der Waals surface area (Å²) in [5.74, 6) is -0.666. The van der Waals surface area contributed by atoms with E-state index in [0.29, 0.717) is 24.2 Å². The van der Waals surface area contributed by atoms with Gasteiger partial charge in [0.25, 0.3) is 0 Å². The number of carbonyl (C=O) groups excluding carboxylic acids is 1. The van der Waals surface area contributed by atoms with Crippen LogP contribution in [0.1, 0.15) is 25.0 Å². The van der Waals surface area contributed by atoms with E-state index < -0.39 is 28.7 Å². The Morgan fingerprint density at radius 1 is 1.09 bits per heavy atom. The highest BCUT2D eigenvalue weighted by molar-refractivity contribution is 7.89. The topological polar surface area (TPSA) is 75.7 Å². The van der Waals surface area contributed by atoms with Gasteiger partial charge in [-0.3, -0.25) is 4.79 Å². The van der Waals surface area contributed by atoms with Gasteiger partial charge in [-0.2, -0.15) is 17.5 Å². The SMILES string of the molecule is CCN(CC)S(=O)(=O)c1ccc(C=CC(=O)Nc2ccc(C)cc2OCC(F)(F)F)cc1. The van der Waals surface area contributed by atoms with Crippen LogP contribution in [0.25, 0.3) is 6.08 Å². The van der Waals surface area contributed by atoms with Crippen molar-refractivity contribution >= 4 is 27.7 Å². The Labute approximate surface area is 185 Å². The summed E-state index contributed by atoms with van der Waals surface area (Å²) in [4.78, 5) is 12.4. The molecule has 0 saturated heterocycles. The lowest BCUT2D eigenvalue weighted by Crippen LogP contribution is -2.30. The number of amides is 1. The Balaban J connectivity index is 2.10. The fourth-order valence-electron chi connectivity index (χ4n) is 2.82. The molecule has 0 heterocycles. The first-order chi connectivity index (χ1) is 15.0. The van der Waals surface area contributed by atoms with E-state index in [1.165, 1.54) is 40.7 Å². The first-order valence-corrected chi connectivity index (χ1v) is 11.3. The molecule has 0 spiro atoms. The lowest BCUT2D eigenvalue weighted by Gasteiger charge is -2.18. The maximum Gasteiger partial charge on any atom is 0.422 e. The molecule has 2 rings (SSSR count). The van der Waals surface area contributed by atoms with Crippen molar-refractivity contribution in [3.05, 3.63) is 59.7 Å². The lowest BCUT2D eigenvalue weighted by atomic mass is 10.2. The maximum atomic E-state index is 12.5. The quantitative estimate of drug-likeness (QED) is 0.543. The molecular formula is C22H25F3N2O4S. The summed E-state index contributed by atoms with van der Waals surface area (Å²) in [6.07, 6.45) is -1.84. The van der Waals surface area contributed by atoms with Gasteiger partial charge in [0.15, 0.2) is 6.61 Å². The predicted molar refractivity (Wildman–Crippen MR) is 117 cm³/mol. The highest BCUT2D eigenvalue weighted by Gasteiger charge is 2.29. The zero-order valence-corrected chi connectivity index (χ0v) is 18.8. The van der Waals surface area contributed by atoms with Crippen molar-refractivity contribution in [3.8, 4) is 5.75 Å². The Morgan fingerprint density at radius 2 is 1.72 bits per heavy atom. The highest BCUT2D eigenvalue weighted by Crippen LogP contribution is 2.28. The minimum Gasteiger partial charge on any atom is -0.482 e. The van der Waals surface area contributed by atoms with E-state index in [9.17, 15) is 26.4 Å². The van der Waals surface area contributed by atoms with Crippen molar-refractivity contribution in [3.63, 3.8) is 0 Å². The number of nitrogens with one attached hydrogen (secondary N) is 1. The molecule has 1 N–H and O–H groups in total. The molecule has 1 amide bonds. The van der Waals surface area contributed by atoms with Crippen LogP contribution in [0.15, 0.2) is 53.4 Å². The van der Waals surface area contributed by atoms with Gasteiger partial charge in [-0.15, -0.1) is 0 Å². The Kier molecular flexibility index (Phi) is 8.45. The van der Waals surface area contributed by atoms with Crippen LogP contribution in [0.3, 0.4) is 0 Å². The molecule has 0 aliphatic rings. The minimum atomic E-state index is -4.50. The van der Waals surface area contributed by atoms with E-state index in [0.717, 1.165) is 0 Å². The average Bonchev–Trinajstić information content (AvgIpc) is 2.73. The third kappa shape index (κ3) is 7.10. The van der Waals surface area contributed by atoms with Gasteiger partial charge in [0.2, 0.25) is 15.9 Å². The molecule has 0 fully saturated rings. The zero-order valence-electron chi connectivity index (χ0n) is 17.9. The van der Waals surface area contributed by atoms with Gasteiger partial charge in [-0.25, -0.2) is 8.42 Å². The Bertz CT molecular complexity index is 1060. The second kappa shape index (κ2) is 10.6. The predicted octanol–water partition coefficient (Wildman–Crippen LogP) is 4.62. The molecular weight excluding hydrogens is 445 g/mol. The standard InChI is InChI=1S/C22H25F3N2O4S/c1-4-27(5-2)32(29,30)18-10-7-17(8-11-18)9-13-21(28)26-19-12-6-16(3)14-20(19)31-15-22(23,24)25/h6-14H,4-5,15H2,1-3H3,(H,26,28). The van der Waals surface area contributed by atoms with E-state index in [-0.39, 0.29) is 16.3 Å². The molecule has 0 aliphatic carbocycles. The van der Waals surface area contributed by atoms with Crippen LogP contribution in [0, 0.1) is 6.92 Å². The van der Waals surface area contributed by atoms with Crippen molar-refractivity contribution in [1.82, 2.24) is 4.31 Å². The summed E-state index contributed by atoms with van der Waals surface area (Å²) in [7, 11) is -3.58. The van der Waals surface area contributed by atoms with Crippen molar-refractivity contribution in [1.29, 1.82) is 0 Å². The van der Waals surface area contributed by atoms with E-state index in [1.54, 1.807) is 39.0 Å². The number of sulfonamides is 1. The lowest BCUT2D eigenvalue weighted by molar-refractivity contribution is -0.153. The van der Waals surface area contributed by atoms with Crippen LogP contribution in [0.5, 0.6) is 5.75 Å². The summed E-state index contributed by atoms with van der Waals surface area (Å²) in [6.45, 7) is 4.44. The van der Waals surface area contributed by atoms with E-state index in [1.807, 2.05) is 0 Å². The van der Waals surface area contributed by atoms with Gasteiger partial charge in [0.1, 0.15) is 5.75 Å². The molecule has 10 heteroatoms. The van der Waals surface area contributed by atoms with Crippen molar-refractivity contribution < 1.29 is 31.1 Å². The fraction of sp³-hybridized carbons (Fsp3) is 0.318. The largest absolute Gasteiger partial charge is 0.482 e. The fourth-order valence-corrected chi connectivity index (χ4v) is 4.28. The molecule has 6 nitrogen and oxygen atoms in total. The van der Waals surface area contributed by atoms with Crippen LogP contribution in [0.2, 0.25) is 0 Å². The van der Waals surface area contributed by atoms with Crippen molar-refractivity contribution in [2.45, 2.75) is 31.8 Å². The normalized spacial score (nSPS) is 12.3. The van der Waals surface area contributed by atoms with Crippen LogP contribution in [-0.4, -0.2) is 44.5 Å². The summed E-state index contributed by atoms with van der Waals surface area (Å²) in [5.41, 5.74) is 1.36. The number of carbonyl (C=O) groups is 1. The molecule has 0 aromatic heterocycles. The van der Waals surface area contributed by atoms with Crippen LogP contribution in [-0.2, 0) is 14.8 Å². The van der Waals surface area contributed by atoms with Crippen LogP contribution >= 0.6 is 0 Å². The third-order valence-corrected chi connectivity index (χ3v) is 6.50. The number of hydrogen-bond donors (Lipinski definition) is 1. The number of hydrogen-bond acceptors (Lipinski definition) is 4. The van der Waals surface area contributed by atoms with Gasteiger partial charge in [-0.05, 0) is 48.4 Å². The molecule has 2 aromatic carbocycles. The number of anilines is 1. The highest BCUT2D eigenvalue weighted by atomic mass is 32.2. The van der Waals surface area contributed by atoms with E-state index in [4.69, 9.17) is 4.74 Å². The number of halogens is 3. The van der Waals surface area contributed by atoms with Gasteiger partial charge in [-0.1, -0.05) is 32.0 Å². The van der Waals surface area contributed by atoms with Gasteiger partial charge < -0.3 is 10.1 Å². The van der Waals surface area contributed by atoms with Crippen LogP contribution in [0.4, 0.5) is 18.9 Å². The monoisotopic (exact) mass is 470 g/mol. The number of aryl methyl sites for hydroxylation is 1. The first-order valence-electron chi connectivity index (χ1n) is 9.85. The summed E-state index contributed by atoms with van der Waals surface area (Å²) >= 11 is 0. The molecule has 0 radical (unpaired) electrons. The van der Waals surface area contributed by atoms with Crippen molar-refractivity contribution in [2.24, 2.45) is 0 Å². The van der Waals surface area contributed by atoms with Gasteiger partial charge >= 0.3 is 6.18 Å². The van der Waals surface area contributed by atoms with Crippen LogP contribution < -0.4 is 10.1 Å². The van der Waals surface area contributed by atoms with Gasteiger partial charge in [0, 0.05) is 19.2 Å². The number of ether oxygens (including phenoxy) is 1. The molecule has 0 atom stereocenters. The average molecular weight is 471 g/mol. The van der Waals surface area contributed by atoms with E-state index >= 15 is 0 Å². The second-order valence-electron chi connectivity index (χ2n) is 6.88. The first kappa shape index (κ1) is 25.4. The summed E-state index contributed by atoms with van der Waals surface area (Å²) < 4.78 is 68.6. The van der Waals surface area contributed by atoms with E-state index in [2.05, 4.69) is 5.32 Å². The number of benzene rings is 2. The second-order valence-corrected chi connectivity index (χ2v) is 8.82. The molecule has 0 aliphatic heterocycles. The minimum absolute atomic E-state index is 0.0879. The number of rotatable bonds is 9. The zero-order chi connectivity index (χ0) is 23.9. The molecule has 32 heavy (non-hydrogen) atoms. The smallest absolute Gasteiger partial charge is 0.422 e. The molecule has 174 valence electrons. The summed E-state index contributed by atoms with van der Waals surface area (Å²) in [5, 5.41) is 2.49. The molecule has 0 bridgehead atoms. The molecule has 2 aromatic rings. The molecule has 0 unspecified atom stereocenters. The Hall–Kier alpha value is -2.85. The number of alkyl halides is 3. The Morgan fingerprint density at radius 3 is 2.28 bits per heavy atom. The molecule has 0 saturated carbocycles. The summed E-state index contributed by atoms with van der Waals surface area (Å²) in [6, 6.07) is 10.5. The third-order valence-electron chi connectivity index (χ3n) is 4.44. The maximum absolute atomic E-state index is 12.5. The number of nitrogens with zero attached hydrogens (tertiary/aromatic N) is 1.